The zero-order valence-electron chi connectivity index (χ0n) is 19.2. The van der Waals surface area contributed by atoms with Gasteiger partial charge in [0.25, 0.3) is 5.56 Å². The third-order valence-corrected chi connectivity index (χ3v) is 6.99. The highest BCUT2D eigenvalue weighted by Gasteiger charge is 2.23. The van der Waals surface area contributed by atoms with Crippen molar-refractivity contribution in [3.63, 3.8) is 0 Å². The van der Waals surface area contributed by atoms with E-state index in [1.807, 2.05) is 30.6 Å². The van der Waals surface area contributed by atoms with Gasteiger partial charge in [0.15, 0.2) is 22.1 Å². The number of fused-ring (bicyclic) bond motifs is 1. The molecular formula is C24H29N5O3S. The molecule has 0 bridgehead atoms. The molecule has 0 spiro atoms. The van der Waals surface area contributed by atoms with E-state index in [9.17, 15) is 14.4 Å². The Morgan fingerprint density at radius 1 is 1.21 bits per heavy atom. The van der Waals surface area contributed by atoms with Crippen molar-refractivity contribution in [2.75, 3.05) is 12.3 Å². The maximum Gasteiger partial charge on any atom is 0.332 e. The summed E-state index contributed by atoms with van der Waals surface area (Å²) in [6.45, 7) is 5.18. The van der Waals surface area contributed by atoms with Crippen molar-refractivity contribution in [2.45, 2.75) is 51.0 Å². The van der Waals surface area contributed by atoms with Crippen LogP contribution in [0, 0.1) is 0 Å². The fourth-order valence-corrected chi connectivity index (χ4v) is 5.08. The molecule has 1 unspecified atom stereocenters. The summed E-state index contributed by atoms with van der Waals surface area (Å²) >= 11 is 1.59. The van der Waals surface area contributed by atoms with E-state index in [0.717, 1.165) is 35.3 Å². The first kappa shape index (κ1) is 23.3. The normalized spacial score (nSPS) is 15.8. The predicted octanol–water partition coefficient (Wildman–Crippen LogP) is 2.59. The number of benzene rings is 1. The summed E-state index contributed by atoms with van der Waals surface area (Å²) in [6.07, 6.45) is 4.31. The van der Waals surface area contributed by atoms with E-state index in [1.165, 1.54) is 4.57 Å². The van der Waals surface area contributed by atoms with Gasteiger partial charge in [-0.15, -0.1) is 0 Å². The van der Waals surface area contributed by atoms with Crippen LogP contribution >= 0.6 is 11.8 Å². The number of thioether (sulfide) groups is 1. The van der Waals surface area contributed by atoms with Crippen LogP contribution in [-0.4, -0.2) is 42.8 Å². The highest BCUT2D eigenvalue weighted by Crippen LogP contribution is 2.24. The van der Waals surface area contributed by atoms with E-state index in [4.69, 9.17) is 0 Å². The number of nitrogens with zero attached hydrogens (tertiary/aromatic N) is 4. The summed E-state index contributed by atoms with van der Waals surface area (Å²) in [7, 11) is 1.60. The lowest BCUT2D eigenvalue weighted by Crippen LogP contribution is -2.41. The Morgan fingerprint density at radius 2 is 1.97 bits per heavy atom. The molecule has 174 valence electrons. The molecule has 4 rings (SSSR count). The smallest absolute Gasteiger partial charge is 0.313 e. The number of Topliss-reactive ketones (excluding diaryl/α,β-unsaturated/α-hetero) is 1. The number of allylic oxidation sites excluding steroid dienone is 2. The van der Waals surface area contributed by atoms with Gasteiger partial charge in [0, 0.05) is 31.0 Å². The van der Waals surface area contributed by atoms with E-state index in [-0.39, 0.29) is 12.3 Å². The number of aryl methyl sites for hydroxylation is 1. The zero-order chi connectivity index (χ0) is 23.5. The summed E-state index contributed by atoms with van der Waals surface area (Å²) < 4.78 is 4.25. The van der Waals surface area contributed by atoms with Gasteiger partial charge in [-0.05, 0) is 33.2 Å². The van der Waals surface area contributed by atoms with Crippen LogP contribution in [0.2, 0.25) is 0 Å². The van der Waals surface area contributed by atoms with Gasteiger partial charge in [-0.25, -0.2) is 9.78 Å². The molecule has 3 heterocycles. The number of carbonyl (C=O) groups excluding carboxylic acids is 1. The fourth-order valence-electron chi connectivity index (χ4n) is 3.98. The second-order valence-electron chi connectivity index (χ2n) is 8.59. The van der Waals surface area contributed by atoms with Gasteiger partial charge < -0.3 is 9.88 Å². The van der Waals surface area contributed by atoms with Gasteiger partial charge in [-0.2, -0.15) is 0 Å². The van der Waals surface area contributed by atoms with Crippen LogP contribution in [0.15, 0.2) is 56.7 Å². The molecule has 1 fully saturated rings. The minimum atomic E-state index is -0.544. The molecule has 9 heteroatoms. The maximum atomic E-state index is 13.5. The molecule has 0 aliphatic carbocycles. The van der Waals surface area contributed by atoms with Crippen molar-refractivity contribution in [2.24, 2.45) is 7.05 Å². The third kappa shape index (κ3) is 4.89. The average Bonchev–Trinajstić information content (AvgIpc) is 3.46. The van der Waals surface area contributed by atoms with Gasteiger partial charge in [-0.3, -0.25) is 18.7 Å². The lowest BCUT2D eigenvalue weighted by molar-refractivity contribution is 0.0969. The van der Waals surface area contributed by atoms with E-state index >= 15 is 0 Å². The zero-order valence-corrected chi connectivity index (χ0v) is 20.0. The minimum absolute atomic E-state index is 0.286. The van der Waals surface area contributed by atoms with Crippen LogP contribution in [0.25, 0.3) is 11.2 Å². The SMILES string of the molecule is CC(C)=CCn1c(SCC2CCCN2)nc2c1c(=O)n(CC(=O)c1ccccc1)c(=O)n2C. The number of imidazole rings is 1. The highest BCUT2D eigenvalue weighted by atomic mass is 32.2. The molecule has 0 radical (unpaired) electrons. The number of hydrogen-bond donors (Lipinski definition) is 1. The molecule has 0 amide bonds. The first-order valence-electron chi connectivity index (χ1n) is 11.1. The Morgan fingerprint density at radius 3 is 2.64 bits per heavy atom. The topological polar surface area (TPSA) is 90.9 Å². The van der Waals surface area contributed by atoms with Crippen molar-refractivity contribution < 1.29 is 4.79 Å². The van der Waals surface area contributed by atoms with Gasteiger partial charge in [0.05, 0.1) is 6.54 Å². The van der Waals surface area contributed by atoms with Crippen molar-refractivity contribution >= 4 is 28.7 Å². The Balaban J connectivity index is 1.79. The summed E-state index contributed by atoms with van der Waals surface area (Å²) in [5.74, 6) is 0.554. The van der Waals surface area contributed by atoms with Crippen LogP contribution < -0.4 is 16.6 Å². The average molecular weight is 468 g/mol. The molecule has 1 saturated heterocycles. The van der Waals surface area contributed by atoms with E-state index < -0.39 is 11.2 Å². The van der Waals surface area contributed by atoms with Crippen LogP contribution in [0.3, 0.4) is 0 Å². The maximum absolute atomic E-state index is 13.5. The van der Waals surface area contributed by atoms with Gasteiger partial charge in [-0.1, -0.05) is 53.7 Å². The molecule has 1 aliphatic heterocycles. The van der Waals surface area contributed by atoms with Crippen molar-refractivity contribution in [1.29, 1.82) is 0 Å². The predicted molar refractivity (Wildman–Crippen MR) is 131 cm³/mol. The molecule has 33 heavy (non-hydrogen) atoms. The summed E-state index contributed by atoms with van der Waals surface area (Å²) in [5, 5.41) is 4.18. The minimum Gasteiger partial charge on any atom is -0.313 e. The second-order valence-corrected chi connectivity index (χ2v) is 9.57. The van der Waals surface area contributed by atoms with Crippen LogP contribution in [-0.2, 0) is 20.1 Å². The van der Waals surface area contributed by atoms with Crippen LogP contribution in [0.4, 0.5) is 0 Å². The largest absolute Gasteiger partial charge is 0.332 e. The lowest BCUT2D eigenvalue weighted by atomic mass is 10.1. The fraction of sp³-hybridized carbons (Fsp3) is 0.417. The molecule has 3 aromatic rings. The molecule has 0 saturated carbocycles. The number of carbonyl (C=O) groups is 1. The second kappa shape index (κ2) is 9.93. The summed E-state index contributed by atoms with van der Waals surface area (Å²) in [6, 6.07) is 9.11. The monoisotopic (exact) mass is 467 g/mol. The Kier molecular flexibility index (Phi) is 6.99. The number of nitrogens with one attached hydrogen (secondary N) is 1. The molecule has 1 aromatic carbocycles. The standard InChI is InChI=1S/C24H29N5O3S/c1-16(2)11-13-28-20-21(26-23(28)33-15-18-10-7-12-25-18)27(3)24(32)29(22(20)31)14-19(30)17-8-5-4-6-9-17/h4-6,8-9,11,18,25H,7,10,12-15H2,1-3H3. The summed E-state index contributed by atoms with van der Waals surface area (Å²) in [5.41, 5.74) is 1.24. The van der Waals surface area contributed by atoms with E-state index in [0.29, 0.717) is 34.5 Å². The van der Waals surface area contributed by atoms with E-state index in [2.05, 4.69) is 10.3 Å². The third-order valence-electron chi connectivity index (χ3n) is 5.85. The number of ketones is 1. The molecule has 2 aromatic heterocycles. The molecular weight excluding hydrogens is 438 g/mol. The van der Waals surface area contributed by atoms with Gasteiger partial charge >= 0.3 is 5.69 Å². The molecule has 1 aliphatic rings. The molecule has 8 nitrogen and oxygen atoms in total. The Labute approximate surface area is 196 Å². The lowest BCUT2D eigenvalue weighted by Gasteiger charge is -2.11. The number of aromatic nitrogens is 4. The van der Waals surface area contributed by atoms with Gasteiger partial charge in [0.2, 0.25) is 0 Å². The molecule has 1 atom stereocenters. The number of rotatable bonds is 8. The van der Waals surface area contributed by atoms with Crippen LogP contribution in [0.1, 0.15) is 37.0 Å². The van der Waals surface area contributed by atoms with Crippen molar-refractivity contribution in [3.05, 3.63) is 68.4 Å². The highest BCUT2D eigenvalue weighted by molar-refractivity contribution is 7.99. The molecule has 1 N–H and O–H groups in total. The van der Waals surface area contributed by atoms with Crippen molar-refractivity contribution in [1.82, 2.24) is 24.0 Å². The van der Waals surface area contributed by atoms with E-state index in [1.54, 1.807) is 43.1 Å². The first-order chi connectivity index (χ1) is 15.9. The van der Waals surface area contributed by atoms with Crippen LogP contribution in [0.5, 0.6) is 0 Å². The summed E-state index contributed by atoms with van der Waals surface area (Å²) in [4.78, 5) is 44.0. The van der Waals surface area contributed by atoms with Crippen molar-refractivity contribution in [3.8, 4) is 0 Å². The number of hydrogen-bond acceptors (Lipinski definition) is 6. The Hall–Kier alpha value is -2.91. The van der Waals surface area contributed by atoms with Gasteiger partial charge in [0.1, 0.15) is 0 Å². The Bertz CT molecular complexity index is 1310. The first-order valence-corrected chi connectivity index (χ1v) is 12.1. The quantitative estimate of drug-likeness (QED) is 0.311.